The first-order valence-electron chi connectivity index (χ1n) is 10.5. The van der Waals surface area contributed by atoms with E-state index in [0.29, 0.717) is 17.2 Å². The predicted molar refractivity (Wildman–Crippen MR) is 115 cm³/mol. The number of nitrogens with one attached hydrogen (secondary N) is 1. The van der Waals surface area contributed by atoms with E-state index in [1.165, 1.54) is 37.2 Å². The first-order valence-corrected chi connectivity index (χ1v) is 11.8. The highest BCUT2D eigenvalue weighted by atomic mass is 32.2. The number of furan rings is 1. The summed E-state index contributed by atoms with van der Waals surface area (Å²) in [5.74, 6) is 0.193. The van der Waals surface area contributed by atoms with Crippen LogP contribution in [0.1, 0.15) is 36.1 Å². The normalized spacial score (nSPS) is 16.5. The van der Waals surface area contributed by atoms with Gasteiger partial charge in [0.05, 0.1) is 16.6 Å². The lowest BCUT2D eigenvalue weighted by Crippen LogP contribution is -2.47. The van der Waals surface area contributed by atoms with Gasteiger partial charge in [0.25, 0.3) is 5.91 Å². The Morgan fingerprint density at radius 1 is 1.07 bits per heavy atom. The highest BCUT2D eigenvalue weighted by Gasteiger charge is 2.16. The molecule has 1 aromatic carbocycles. The molecular formula is C22H30FN3O3S. The standard InChI is InChI=1S/C22H30FN3O3S/c1-2-11-25-13-15-26(16-14-25)12-3-10-24-22(27)21-9-6-19(29-21)17-30(28)20-7-4-18(23)5-8-20/h4-9H,2-3,10-17H2,1H3,(H,24,27)/t30-/m0/s1. The van der Waals surface area contributed by atoms with E-state index in [1.807, 2.05) is 0 Å². The number of rotatable bonds is 10. The van der Waals surface area contributed by atoms with Crippen molar-refractivity contribution in [1.29, 1.82) is 0 Å². The summed E-state index contributed by atoms with van der Waals surface area (Å²) < 4.78 is 30.9. The summed E-state index contributed by atoms with van der Waals surface area (Å²) in [5, 5.41) is 2.88. The lowest BCUT2D eigenvalue weighted by molar-refractivity contribution is 0.0919. The van der Waals surface area contributed by atoms with Crippen LogP contribution < -0.4 is 5.32 Å². The van der Waals surface area contributed by atoms with Crippen LogP contribution >= 0.6 is 0 Å². The van der Waals surface area contributed by atoms with Crippen LogP contribution in [0.15, 0.2) is 45.7 Å². The zero-order chi connectivity index (χ0) is 21.3. The molecule has 164 valence electrons. The topological polar surface area (TPSA) is 65.8 Å². The average Bonchev–Trinajstić information content (AvgIpc) is 3.21. The number of amides is 1. The van der Waals surface area contributed by atoms with Gasteiger partial charge in [0.2, 0.25) is 0 Å². The van der Waals surface area contributed by atoms with Crippen molar-refractivity contribution in [2.45, 2.75) is 30.4 Å². The maximum absolute atomic E-state index is 13.0. The van der Waals surface area contributed by atoms with Gasteiger partial charge in [-0.3, -0.25) is 9.00 Å². The fourth-order valence-electron chi connectivity index (χ4n) is 3.52. The molecule has 8 heteroatoms. The van der Waals surface area contributed by atoms with Gasteiger partial charge < -0.3 is 19.5 Å². The summed E-state index contributed by atoms with van der Waals surface area (Å²) >= 11 is 0. The second-order valence-corrected chi connectivity index (χ2v) is 8.95. The van der Waals surface area contributed by atoms with Crippen molar-refractivity contribution < 1.29 is 17.8 Å². The molecular weight excluding hydrogens is 405 g/mol. The van der Waals surface area contributed by atoms with Crippen molar-refractivity contribution in [3.8, 4) is 0 Å². The van der Waals surface area contributed by atoms with Gasteiger partial charge in [-0.25, -0.2) is 4.39 Å². The molecule has 0 radical (unpaired) electrons. The van der Waals surface area contributed by atoms with Crippen molar-refractivity contribution in [2.75, 3.05) is 45.8 Å². The molecule has 0 aliphatic carbocycles. The van der Waals surface area contributed by atoms with Crippen LogP contribution in [0.5, 0.6) is 0 Å². The van der Waals surface area contributed by atoms with Crippen LogP contribution in [0, 0.1) is 5.82 Å². The molecule has 2 aromatic rings. The molecule has 1 amide bonds. The van der Waals surface area contributed by atoms with E-state index in [0.717, 1.165) is 39.1 Å². The quantitative estimate of drug-likeness (QED) is 0.582. The molecule has 30 heavy (non-hydrogen) atoms. The summed E-state index contributed by atoms with van der Waals surface area (Å²) in [6.45, 7) is 9.35. The second-order valence-electron chi connectivity index (χ2n) is 7.50. The summed E-state index contributed by atoms with van der Waals surface area (Å²) in [4.78, 5) is 17.7. The smallest absolute Gasteiger partial charge is 0.286 e. The molecule has 2 heterocycles. The van der Waals surface area contributed by atoms with Crippen LogP contribution in [-0.2, 0) is 16.6 Å². The number of carbonyl (C=O) groups is 1. The van der Waals surface area contributed by atoms with E-state index in [9.17, 15) is 13.4 Å². The van der Waals surface area contributed by atoms with Crippen LogP contribution in [0.3, 0.4) is 0 Å². The van der Waals surface area contributed by atoms with Crippen LogP contribution in [0.25, 0.3) is 0 Å². The SMILES string of the molecule is CCCN1CCN(CCCNC(=O)c2ccc(C[S@](=O)c3ccc(F)cc3)o2)CC1. The first kappa shape index (κ1) is 22.7. The molecule has 0 saturated carbocycles. The molecule has 1 atom stereocenters. The lowest BCUT2D eigenvalue weighted by atomic mass is 10.2. The number of hydrogen-bond acceptors (Lipinski definition) is 5. The van der Waals surface area contributed by atoms with Gasteiger partial charge in [0, 0.05) is 37.6 Å². The van der Waals surface area contributed by atoms with Crippen molar-refractivity contribution >= 4 is 16.7 Å². The molecule has 1 aliphatic rings. The highest BCUT2D eigenvalue weighted by Crippen LogP contribution is 2.15. The third-order valence-corrected chi connectivity index (χ3v) is 6.52. The third-order valence-electron chi connectivity index (χ3n) is 5.18. The third kappa shape index (κ3) is 6.75. The molecule has 1 N–H and O–H groups in total. The summed E-state index contributed by atoms with van der Waals surface area (Å²) in [6, 6.07) is 8.79. The Balaban J connectivity index is 1.37. The number of benzene rings is 1. The molecule has 1 aliphatic heterocycles. The molecule has 1 saturated heterocycles. The van der Waals surface area contributed by atoms with E-state index < -0.39 is 10.8 Å². The molecule has 1 aromatic heterocycles. The number of hydrogen-bond donors (Lipinski definition) is 1. The highest BCUT2D eigenvalue weighted by molar-refractivity contribution is 7.84. The van der Waals surface area contributed by atoms with Crippen LogP contribution in [0.4, 0.5) is 4.39 Å². The van der Waals surface area contributed by atoms with Crippen molar-refractivity contribution in [3.05, 3.63) is 53.7 Å². The van der Waals surface area contributed by atoms with Crippen molar-refractivity contribution in [1.82, 2.24) is 15.1 Å². The molecule has 1 fully saturated rings. The Morgan fingerprint density at radius 3 is 2.40 bits per heavy atom. The van der Waals surface area contributed by atoms with Gasteiger partial charge in [-0.1, -0.05) is 6.92 Å². The fraction of sp³-hybridized carbons (Fsp3) is 0.500. The van der Waals surface area contributed by atoms with Crippen molar-refractivity contribution in [2.24, 2.45) is 0 Å². The zero-order valence-corrected chi connectivity index (χ0v) is 18.3. The Hall–Kier alpha value is -2.03. The maximum atomic E-state index is 13.0. The van der Waals surface area contributed by atoms with E-state index in [1.54, 1.807) is 12.1 Å². The van der Waals surface area contributed by atoms with Crippen molar-refractivity contribution in [3.63, 3.8) is 0 Å². The predicted octanol–water partition coefficient (Wildman–Crippen LogP) is 2.87. The summed E-state index contributed by atoms with van der Waals surface area (Å²) in [6.07, 6.45) is 2.09. The van der Waals surface area contributed by atoms with E-state index in [-0.39, 0.29) is 23.2 Å². The van der Waals surface area contributed by atoms with Gasteiger partial charge >= 0.3 is 0 Å². The average molecular weight is 436 g/mol. The first-order chi connectivity index (χ1) is 14.5. The van der Waals surface area contributed by atoms with Gasteiger partial charge in [-0.15, -0.1) is 0 Å². The molecule has 0 bridgehead atoms. The maximum Gasteiger partial charge on any atom is 0.286 e. The minimum atomic E-state index is -1.36. The largest absolute Gasteiger partial charge is 0.455 e. The second kappa shape index (κ2) is 11.4. The molecule has 6 nitrogen and oxygen atoms in total. The van der Waals surface area contributed by atoms with Gasteiger partial charge in [0.15, 0.2) is 5.76 Å². The number of carbonyl (C=O) groups excluding carboxylic acids is 1. The van der Waals surface area contributed by atoms with Crippen LogP contribution in [0.2, 0.25) is 0 Å². The van der Waals surface area contributed by atoms with E-state index >= 15 is 0 Å². The monoisotopic (exact) mass is 435 g/mol. The van der Waals surface area contributed by atoms with E-state index in [2.05, 4.69) is 22.0 Å². The Bertz CT molecular complexity index is 832. The summed E-state index contributed by atoms with van der Waals surface area (Å²) in [5.41, 5.74) is 0. The molecule has 0 unspecified atom stereocenters. The van der Waals surface area contributed by atoms with Gasteiger partial charge in [-0.2, -0.15) is 0 Å². The minimum absolute atomic E-state index is 0.142. The fourth-order valence-corrected chi connectivity index (χ4v) is 4.54. The lowest BCUT2D eigenvalue weighted by Gasteiger charge is -2.34. The minimum Gasteiger partial charge on any atom is -0.455 e. The number of halogens is 1. The van der Waals surface area contributed by atoms with E-state index in [4.69, 9.17) is 4.42 Å². The zero-order valence-electron chi connectivity index (χ0n) is 17.4. The molecule has 0 spiro atoms. The molecule has 3 rings (SSSR count). The van der Waals surface area contributed by atoms with Crippen LogP contribution in [-0.4, -0.2) is 65.7 Å². The number of piperazine rings is 1. The Morgan fingerprint density at radius 2 is 1.73 bits per heavy atom. The van der Waals surface area contributed by atoms with Gasteiger partial charge in [0.1, 0.15) is 11.6 Å². The van der Waals surface area contributed by atoms with Gasteiger partial charge in [-0.05, 0) is 62.3 Å². The number of nitrogens with zero attached hydrogens (tertiary/aromatic N) is 2. The Kier molecular flexibility index (Phi) is 8.60. The Labute approximate surface area is 179 Å². The summed E-state index contributed by atoms with van der Waals surface area (Å²) in [7, 11) is -1.36.